The number of carbonyl (C=O) groups excluding carboxylic acids is 1. The van der Waals surface area contributed by atoms with Gasteiger partial charge < -0.3 is 21.1 Å². The van der Waals surface area contributed by atoms with Crippen LogP contribution in [0.15, 0.2) is 47.4 Å². The minimum absolute atomic E-state index is 0.0190. The second kappa shape index (κ2) is 8.57. The number of anilines is 2. The van der Waals surface area contributed by atoms with Gasteiger partial charge in [-0.25, -0.2) is 8.42 Å². The van der Waals surface area contributed by atoms with Gasteiger partial charge in [-0.3, -0.25) is 4.79 Å². The number of hydrogen-bond donors (Lipinski definition) is 3. The third kappa shape index (κ3) is 3.84. The lowest BCUT2D eigenvalue weighted by Crippen LogP contribution is -2.49. The summed E-state index contributed by atoms with van der Waals surface area (Å²) in [5, 5.41) is 6.33. The molecule has 4 rings (SSSR count). The number of hydrogen-bond acceptors (Lipinski definition) is 6. The van der Waals surface area contributed by atoms with Gasteiger partial charge in [0.1, 0.15) is 5.75 Å². The zero-order valence-electron chi connectivity index (χ0n) is 18.0. The molecular weight excluding hydrogens is 450 g/mol. The molecule has 172 valence electrons. The zero-order chi connectivity index (χ0) is 23.0. The molecule has 0 radical (unpaired) electrons. The van der Waals surface area contributed by atoms with E-state index in [-0.39, 0.29) is 28.2 Å². The van der Waals surface area contributed by atoms with Gasteiger partial charge in [0, 0.05) is 0 Å². The first-order chi connectivity index (χ1) is 15.2. The largest absolute Gasteiger partial charge is 0.495 e. The Kier molecular flexibility index (Phi) is 6.13. The standard InChI is InChI=1S/C23H28ClN3O4S/c1-31-20-7-6-16(14-17(20)24)32(29,30)23(9-8-22(15-23)10-12-26-13-11-22)21(28)27-19-5-3-2-4-18(19)25/h2-7,14,26H,8-13,15,25H2,1H3,(H,27,28). The lowest BCUT2D eigenvalue weighted by Gasteiger charge is -2.36. The maximum absolute atomic E-state index is 14.0. The van der Waals surface area contributed by atoms with Gasteiger partial charge >= 0.3 is 0 Å². The van der Waals surface area contributed by atoms with Crippen LogP contribution in [0.5, 0.6) is 5.75 Å². The van der Waals surface area contributed by atoms with Crippen molar-refractivity contribution in [3.63, 3.8) is 0 Å². The number of rotatable bonds is 5. The Morgan fingerprint density at radius 3 is 2.50 bits per heavy atom. The number of para-hydroxylation sites is 2. The monoisotopic (exact) mass is 477 g/mol. The van der Waals surface area contributed by atoms with Gasteiger partial charge in [0.15, 0.2) is 14.6 Å². The second-order valence-electron chi connectivity index (χ2n) is 8.76. The van der Waals surface area contributed by atoms with E-state index in [0.717, 1.165) is 25.9 Å². The minimum atomic E-state index is -4.07. The van der Waals surface area contributed by atoms with Crippen LogP contribution in [0.25, 0.3) is 0 Å². The number of piperidine rings is 1. The lowest BCUT2D eigenvalue weighted by molar-refractivity contribution is -0.118. The molecule has 1 aliphatic carbocycles. The van der Waals surface area contributed by atoms with Crippen LogP contribution in [0.1, 0.15) is 32.1 Å². The summed E-state index contributed by atoms with van der Waals surface area (Å²) in [6.45, 7) is 1.63. The molecule has 0 bridgehead atoms. The van der Waals surface area contributed by atoms with Crippen molar-refractivity contribution < 1.29 is 17.9 Å². The van der Waals surface area contributed by atoms with Crippen molar-refractivity contribution in [1.29, 1.82) is 0 Å². The van der Waals surface area contributed by atoms with E-state index in [1.54, 1.807) is 24.3 Å². The molecule has 1 heterocycles. The van der Waals surface area contributed by atoms with Crippen LogP contribution in [0, 0.1) is 5.41 Å². The molecule has 2 aromatic carbocycles. The molecule has 9 heteroatoms. The van der Waals surface area contributed by atoms with E-state index < -0.39 is 20.5 Å². The average molecular weight is 478 g/mol. The summed E-state index contributed by atoms with van der Waals surface area (Å²) >= 11 is 6.25. The molecule has 1 amide bonds. The SMILES string of the molecule is COc1ccc(S(=O)(=O)C2(C(=O)Nc3ccccc3N)CCC3(CCNCC3)C2)cc1Cl. The molecule has 7 nitrogen and oxygen atoms in total. The highest BCUT2D eigenvalue weighted by atomic mass is 35.5. The number of ether oxygens (including phenoxy) is 1. The maximum Gasteiger partial charge on any atom is 0.246 e. The number of amides is 1. The summed E-state index contributed by atoms with van der Waals surface area (Å²) in [5.41, 5.74) is 6.62. The van der Waals surface area contributed by atoms with Crippen molar-refractivity contribution in [2.75, 3.05) is 31.2 Å². The van der Waals surface area contributed by atoms with Gasteiger partial charge in [0.2, 0.25) is 5.91 Å². The Bertz CT molecular complexity index is 1130. The molecule has 1 saturated heterocycles. The Morgan fingerprint density at radius 2 is 1.84 bits per heavy atom. The van der Waals surface area contributed by atoms with Crippen molar-refractivity contribution in [2.45, 2.75) is 41.7 Å². The van der Waals surface area contributed by atoms with Gasteiger partial charge in [-0.15, -0.1) is 0 Å². The predicted molar refractivity (Wildman–Crippen MR) is 126 cm³/mol. The van der Waals surface area contributed by atoms with Crippen molar-refractivity contribution >= 4 is 38.7 Å². The number of halogens is 1. The zero-order valence-corrected chi connectivity index (χ0v) is 19.6. The van der Waals surface area contributed by atoms with Crippen LogP contribution in [0.2, 0.25) is 5.02 Å². The van der Waals surface area contributed by atoms with Gasteiger partial charge in [0.25, 0.3) is 0 Å². The molecule has 4 N–H and O–H groups in total. The first kappa shape index (κ1) is 22.9. The highest BCUT2D eigenvalue weighted by Gasteiger charge is 2.60. The van der Waals surface area contributed by atoms with Gasteiger partial charge in [-0.1, -0.05) is 23.7 Å². The van der Waals surface area contributed by atoms with E-state index >= 15 is 0 Å². The van der Waals surface area contributed by atoms with E-state index in [2.05, 4.69) is 10.6 Å². The van der Waals surface area contributed by atoms with Crippen molar-refractivity contribution in [2.24, 2.45) is 5.41 Å². The Morgan fingerprint density at radius 1 is 1.12 bits per heavy atom. The normalized spacial score (nSPS) is 22.6. The van der Waals surface area contributed by atoms with Gasteiger partial charge in [-0.2, -0.15) is 0 Å². The first-order valence-corrected chi connectivity index (χ1v) is 12.5. The van der Waals surface area contributed by atoms with E-state index in [1.807, 2.05) is 0 Å². The van der Waals surface area contributed by atoms with Crippen LogP contribution in [0.4, 0.5) is 11.4 Å². The van der Waals surface area contributed by atoms with Crippen LogP contribution < -0.4 is 21.1 Å². The number of methoxy groups -OCH3 is 1. The van der Waals surface area contributed by atoms with E-state index in [1.165, 1.54) is 25.3 Å². The highest BCUT2D eigenvalue weighted by molar-refractivity contribution is 7.93. The third-order valence-corrected chi connectivity index (χ3v) is 9.69. The first-order valence-electron chi connectivity index (χ1n) is 10.7. The fraction of sp³-hybridized carbons (Fsp3) is 0.435. The number of sulfone groups is 1. The number of carbonyl (C=O) groups is 1. The van der Waals surface area contributed by atoms with Crippen molar-refractivity contribution in [3.8, 4) is 5.75 Å². The van der Waals surface area contributed by atoms with E-state index in [4.69, 9.17) is 22.1 Å². The Labute approximate surface area is 193 Å². The van der Waals surface area contributed by atoms with E-state index in [9.17, 15) is 13.2 Å². The summed E-state index contributed by atoms with van der Waals surface area (Å²) in [4.78, 5) is 13.7. The van der Waals surface area contributed by atoms with Crippen LogP contribution in [-0.4, -0.2) is 39.3 Å². The molecule has 1 atom stereocenters. The summed E-state index contributed by atoms with van der Waals surface area (Å²) in [6.07, 6.45) is 2.88. The quantitative estimate of drug-likeness (QED) is 0.567. The molecule has 1 aliphatic heterocycles. The third-order valence-electron chi connectivity index (χ3n) is 6.95. The molecule has 32 heavy (non-hydrogen) atoms. The fourth-order valence-electron chi connectivity index (χ4n) is 5.07. The molecule has 2 aliphatic rings. The van der Waals surface area contributed by atoms with Gasteiger partial charge in [-0.05, 0) is 80.9 Å². The molecule has 1 spiro atoms. The Hall–Kier alpha value is -2.29. The molecule has 1 saturated carbocycles. The number of nitrogen functional groups attached to an aromatic ring is 1. The minimum Gasteiger partial charge on any atom is -0.495 e. The summed E-state index contributed by atoms with van der Waals surface area (Å²) in [7, 11) is -2.60. The fourth-order valence-corrected chi connectivity index (χ4v) is 7.52. The van der Waals surface area contributed by atoms with Crippen LogP contribution in [-0.2, 0) is 14.6 Å². The number of benzene rings is 2. The Balaban J connectivity index is 1.78. The lowest BCUT2D eigenvalue weighted by atomic mass is 9.77. The number of nitrogens with one attached hydrogen (secondary N) is 2. The summed E-state index contributed by atoms with van der Waals surface area (Å²) in [5.74, 6) is -0.167. The molecule has 2 aromatic rings. The summed E-state index contributed by atoms with van der Waals surface area (Å²) in [6, 6.07) is 11.2. The smallest absolute Gasteiger partial charge is 0.246 e. The maximum atomic E-state index is 14.0. The summed E-state index contributed by atoms with van der Waals surface area (Å²) < 4.78 is 31.6. The van der Waals surface area contributed by atoms with E-state index in [0.29, 0.717) is 23.5 Å². The molecular formula is C23H28ClN3O4S. The second-order valence-corrected chi connectivity index (χ2v) is 11.4. The van der Waals surface area contributed by atoms with Gasteiger partial charge in [0.05, 0.1) is 28.4 Å². The van der Waals surface area contributed by atoms with Crippen LogP contribution >= 0.6 is 11.6 Å². The van der Waals surface area contributed by atoms with Crippen molar-refractivity contribution in [3.05, 3.63) is 47.5 Å². The molecule has 1 unspecified atom stereocenters. The average Bonchev–Trinajstić information content (AvgIpc) is 3.16. The predicted octanol–water partition coefficient (Wildman–Crippen LogP) is 3.64. The van der Waals surface area contributed by atoms with Crippen molar-refractivity contribution in [1.82, 2.24) is 5.32 Å². The number of nitrogens with two attached hydrogens (primary N) is 1. The molecule has 0 aromatic heterocycles. The topological polar surface area (TPSA) is 111 Å². The molecule has 2 fully saturated rings. The highest BCUT2D eigenvalue weighted by Crippen LogP contribution is 2.54. The van der Waals surface area contributed by atoms with Crippen LogP contribution in [0.3, 0.4) is 0 Å².